The summed E-state index contributed by atoms with van der Waals surface area (Å²) in [6.07, 6.45) is 0. The Bertz CT molecular complexity index is 373. The third-order valence-electron chi connectivity index (χ3n) is 2.53. The topological polar surface area (TPSA) is 43.4 Å². The van der Waals surface area contributed by atoms with Gasteiger partial charge in [-0.15, -0.1) is 0 Å². The lowest BCUT2D eigenvalue weighted by Crippen LogP contribution is -2.25. The van der Waals surface area contributed by atoms with E-state index in [0.717, 1.165) is 0 Å². The number of rotatable bonds is 3. The van der Waals surface area contributed by atoms with Crippen LogP contribution in [-0.2, 0) is 26.1 Å². The molecule has 16 heavy (non-hydrogen) atoms. The van der Waals surface area contributed by atoms with E-state index in [-0.39, 0.29) is 16.1 Å². The Morgan fingerprint density at radius 2 is 1.81 bits per heavy atom. The lowest BCUT2D eigenvalue weighted by molar-refractivity contribution is -0.135. The van der Waals surface area contributed by atoms with E-state index in [9.17, 15) is 9.59 Å². The largest absolute Gasteiger partial charge is 0.465 e. The summed E-state index contributed by atoms with van der Waals surface area (Å²) in [7, 11) is 1.25. The van der Waals surface area contributed by atoms with E-state index in [0.29, 0.717) is 0 Å². The fraction of sp³-hybridized carbons (Fsp3) is 0.727. The van der Waals surface area contributed by atoms with Crippen LogP contribution in [0.2, 0.25) is 0 Å². The fourth-order valence-electron chi connectivity index (χ4n) is 1.71. The van der Waals surface area contributed by atoms with Crippen LogP contribution in [0.4, 0.5) is 0 Å². The first-order valence-corrected chi connectivity index (χ1v) is 7.93. The minimum atomic E-state index is -2.31. The van der Waals surface area contributed by atoms with Crippen molar-refractivity contribution in [3.63, 3.8) is 0 Å². The molecule has 0 radical (unpaired) electrons. The Hall–Kier alpha value is -0.430. The molecule has 0 heterocycles. The van der Waals surface area contributed by atoms with E-state index >= 15 is 0 Å². The minimum absolute atomic E-state index is 0.0208. The highest BCUT2D eigenvalue weighted by molar-refractivity contribution is 8.18. The highest BCUT2D eigenvalue weighted by atomic mass is 32.4. The van der Waals surface area contributed by atoms with Crippen LogP contribution in [0.3, 0.4) is 0 Å². The van der Waals surface area contributed by atoms with Crippen molar-refractivity contribution >= 4 is 29.8 Å². The minimum Gasteiger partial charge on any atom is -0.465 e. The van der Waals surface area contributed by atoms with E-state index in [1.807, 2.05) is 34.6 Å². The van der Waals surface area contributed by atoms with Crippen LogP contribution in [0, 0.1) is 0 Å². The summed E-state index contributed by atoms with van der Waals surface area (Å²) in [5.74, 6) is 1.08. The third-order valence-corrected chi connectivity index (χ3v) is 10.4. The highest BCUT2D eigenvalue weighted by Gasteiger charge is 2.42. The summed E-state index contributed by atoms with van der Waals surface area (Å²) in [5.41, 5.74) is 0.0676. The smallest absolute Gasteiger partial charge is 0.350 e. The van der Waals surface area contributed by atoms with E-state index in [4.69, 9.17) is 11.8 Å². The van der Waals surface area contributed by atoms with Gasteiger partial charge in [-0.3, -0.25) is 0 Å². The van der Waals surface area contributed by atoms with Gasteiger partial charge >= 0.3 is 5.97 Å². The number of ether oxygens (including phenoxy) is 1. The van der Waals surface area contributed by atoms with Crippen molar-refractivity contribution in [1.82, 2.24) is 0 Å². The SMILES string of the molecule is COC(=O)C(=C=O)P(=S)(C(C)C)C(C)(C)C. The normalized spacial score (nSPS) is 15.2. The van der Waals surface area contributed by atoms with Crippen LogP contribution in [0.15, 0.2) is 5.31 Å². The Kier molecular flexibility index (Phi) is 5.13. The van der Waals surface area contributed by atoms with Crippen LogP contribution < -0.4 is 0 Å². The fourth-order valence-corrected chi connectivity index (χ4v) is 5.28. The zero-order chi connectivity index (χ0) is 13.1. The Morgan fingerprint density at radius 1 is 1.38 bits per heavy atom. The highest BCUT2D eigenvalue weighted by Crippen LogP contribution is 2.66. The van der Waals surface area contributed by atoms with Gasteiger partial charge in [0.25, 0.3) is 0 Å². The molecular formula is C11H19O3PS. The average molecular weight is 262 g/mol. The van der Waals surface area contributed by atoms with Gasteiger partial charge in [0.15, 0.2) is 5.31 Å². The molecule has 0 aromatic heterocycles. The van der Waals surface area contributed by atoms with Gasteiger partial charge in [-0.2, -0.15) is 0 Å². The van der Waals surface area contributed by atoms with Crippen molar-refractivity contribution in [2.75, 3.05) is 7.11 Å². The molecule has 92 valence electrons. The molecule has 0 aliphatic heterocycles. The molecule has 0 aliphatic rings. The predicted octanol–water partition coefficient (Wildman–Crippen LogP) is 2.56. The van der Waals surface area contributed by atoms with Gasteiger partial charge in [0, 0.05) is 6.04 Å². The van der Waals surface area contributed by atoms with E-state index in [1.54, 1.807) is 5.94 Å². The molecule has 5 heteroatoms. The second kappa shape index (κ2) is 5.27. The van der Waals surface area contributed by atoms with Crippen molar-refractivity contribution in [3.8, 4) is 0 Å². The maximum Gasteiger partial charge on any atom is 0.350 e. The van der Waals surface area contributed by atoms with Crippen molar-refractivity contribution in [2.24, 2.45) is 0 Å². The number of hydrogen-bond donors (Lipinski definition) is 0. The standard InChI is InChI=1S/C11H19O3PS/c1-8(2)15(16,11(3,4)5)9(7-12)10(13)14-6/h8H,1-6H3. The molecule has 0 saturated heterocycles. The van der Waals surface area contributed by atoms with Gasteiger partial charge in [-0.1, -0.05) is 46.4 Å². The summed E-state index contributed by atoms with van der Waals surface area (Å²) in [4.78, 5) is 22.6. The summed E-state index contributed by atoms with van der Waals surface area (Å²) in [5, 5.41) is -0.273. The van der Waals surface area contributed by atoms with E-state index in [2.05, 4.69) is 4.74 Å². The van der Waals surface area contributed by atoms with Gasteiger partial charge in [0.05, 0.1) is 7.11 Å². The van der Waals surface area contributed by atoms with Gasteiger partial charge in [0.2, 0.25) is 0 Å². The Morgan fingerprint density at radius 3 is 2.00 bits per heavy atom. The quantitative estimate of drug-likeness (QED) is 0.339. The van der Waals surface area contributed by atoms with Gasteiger partial charge in [0.1, 0.15) is 5.94 Å². The van der Waals surface area contributed by atoms with Crippen molar-refractivity contribution in [1.29, 1.82) is 0 Å². The van der Waals surface area contributed by atoms with Gasteiger partial charge in [-0.25, -0.2) is 9.59 Å². The first-order valence-electron chi connectivity index (χ1n) is 5.06. The molecular weight excluding hydrogens is 243 g/mol. The van der Waals surface area contributed by atoms with Crippen LogP contribution in [0.1, 0.15) is 34.6 Å². The summed E-state index contributed by atoms with van der Waals surface area (Å²) < 4.78 is 4.62. The Balaban J connectivity index is 5.84. The van der Waals surface area contributed by atoms with Crippen LogP contribution in [-0.4, -0.2) is 29.8 Å². The molecule has 0 aliphatic carbocycles. The lowest BCUT2D eigenvalue weighted by atomic mass is 10.3. The number of hydrogen-bond acceptors (Lipinski definition) is 4. The zero-order valence-corrected chi connectivity index (χ0v) is 12.4. The second-order valence-corrected chi connectivity index (χ2v) is 10.7. The lowest BCUT2D eigenvalue weighted by Gasteiger charge is -2.37. The Labute approximate surface area is 102 Å². The van der Waals surface area contributed by atoms with E-state index in [1.165, 1.54) is 7.11 Å². The predicted molar refractivity (Wildman–Crippen MR) is 70.4 cm³/mol. The molecule has 0 rings (SSSR count). The molecule has 0 spiro atoms. The summed E-state index contributed by atoms with van der Waals surface area (Å²) in [6, 6.07) is -2.31. The van der Waals surface area contributed by atoms with Gasteiger partial charge in [-0.05, 0) is 10.8 Å². The maximum absolute atomic E-state index is 11.6. The molecule has 0 fully saturated rings. The molecule has 1 atom stereocenters. The number of carbonyl (C=O) groups excluding carboxylic acids is 2. The zero-order valence-electron chi connectivity index (χ0n) is 10.7. The molecule has 0 amide bonds. The number of carbonyl (C=O) groups is 1. The molecule has 1 unspecified atom stereocenters. The first kappa shape index (κ1) is 15.6. The van der Waals surface area contributed by atoms with Crippen LogP contribution in [0.25, 0.3) is 0 Å². The monoisotopic (exact) mass is 262 g/mol. The molecule has 0 bridgehead atoms. The van der Waals surface area contributed by atoms with Crippen molar-refractivity contribution in [2.45, 2.75) is 45.4 Å². The molecule has 3 nitrogen and oxygen atoms in total. The third kappa shape index (κ3) is 2.63. The molecule has 0 N–H and O–H groups in total. The maximum atomic E-state index is 11.6. The average Bonchev–Trinajstić information content (AvgIpc) is 2.16. The molecule has 0 aromatic rings. The van der Waals surface area contributed by atoms with Crippen LogP contribution in [0.5, 0.6) is 0 Å². The molecule has 0 saturated carbocycles. The number of methoxy groups -OCH3 is 1. The summed E-state index contributed by atoms with van der Waals surface area (Å²) >= 11 is 5.64. The van der Waals surface area contributed by atoms with Crippen molar-refractivity contribution < 1.29 is 14.3 Å². The second-order valence-electron chi connectivity index (χ2n) is 4.86. The van der Waals surface area contributed by atoms with Crippen molar-refractivity contribution in [3.05, 3.63) is 5.31 Å². The first-order chi connectivity index (χ1) is 7.12. The number of esters is 1. The van der Waals surface area contributed by atoms with Gasteiger partial charge < -0.3 is 4.74 Å². The van der Waals surface area contributed by atoms with E-state index < -0.39 is 12.0 Å². The molecule has 0 aromatic carbocycles. The summed E-state index contributed by atoms with van der Waals surface area (Å²) in [6.45, 7) is 9.73. The van der Waals surface area contributed by atoms with Crippen LogP contribution >= 0.6 is 6.04 Å².